The fourth-order valence-corrected chi connectivity index (χ4v) is 4.81. The quantitative estimate of drug-likeness (QED) is 0.545. The van der Waals surface area contributed by atoms with Crippen molar-refractivity contribution in [1.82, 2.24) is 10.6 Å². The molecule has 3 rings (SSSR count). The minimum absolute atomic E-state index is 0.0867. The Labute approximate surface area is 201 Å². The summed E-state index contributed by atoms with van der Waals surface area (Å²) in [7, 11) is 1.55. The number of rotatable bonds is 8. The van der Waals surface area contributed by atoms with Crippen molar-refractivity contribution in [3.8, 4) is 11.8 Å². The van der Waals surface area contributed by atoms with Gasteiger partial charge in [-0.3, -0.25) is 4.79 Å². The Bertz CT molecular complexity index is 1010. The highest BCUT2D eigenvalue weighted by Gasteiger charge is 2.46. The van der Waals surface area contributed by atoms with Crippen LogP contribution in [-0.2, 0) is 4.74 Å². The van der Waals surface area contributed by atoms with Gasteiger partial charge in [-0.1, -0.05) is 55.5 Å². The normalized spacial score (nSPS) is 25.9. The number of para-hydroxylation sites is 1. The van der Waals surface area contributed by atoms with Crippen molar-refractivity contribution in [2.75, 3.05) is 20.3 Å². The molecule has 2 aliphatic rings. The van der Waals surface area contributed by atoms with Crippen LogP contribution < -0.4 is 15.4 Å². The summed E-state index contributed by atoms with van der Waals surface area (Å²) < 4.78 is 10.4. The van der Waals surface area contributed by atoms with E-state index in [1.165, 1.54) is 11.6 Å². The highest BCUT2D eigenvalue weighted by molar-refractivity contribution is 5.96. The van der Waals surface area contributed by atoms with E-state index in [0.717, 1.165) is 6.42 Å². The fraction of sp³-hybridized carbons (Fsp3) is 0.444. The summed E-state index contributed by atoms with van der Waals surface area (Å²) in [4.78, 5) is 25.2. The Hall–Kier alpha value is -3.53. The first-order chi connectivity index (χ1) is 16.4. The lowest BCUT2D eigenvalue weighted by Gasteiger charge is -2.46. The standard InChI is InChI=1S/C27H33N3O4/c1-4-16-34-25(32)30-27(18-28)14-12-26(13-15-27,21-9-7-8-20(2)17-21)19-29-24(31)22-10-5-6-11-23(22)33-3/h4-11,20H,1,12-17,19H2,2-3H3,(H,29,31)(H,30,32). The van der Waals surface area contributed by atoms with Crippen molar-refractivity contribution in [1.29, 1.82) is 5.26 Å². The smallest absolute Gasteiger partial charge is 0.408 e. The van der Waals surface area contributed by atoms with Gasteiger partial charge in [-0.05, 0) is 50.2 Å². The number of amides is 2. The Morgan fingerprint density at radius 1 is 1.26 bits per heavy atom. The van der Waals surface area contributed by atoms with Crippen LogP contribution in [0.2, 0.25) is 0 Å². The molecular formula is C27H33N3O4. The zero-order valence-corrected chi connectivity index (χ0v) is 19.9. The van der Waals surface area contributed by atoms with Gasteiger partial charge in [0.2, 0.25) is 0 Å². The van der Waals surface area contributed by atoms with Gasteiger partial charge >= 0.3 is 6.09 Å². The van der Waals surface area contributed by atoms with E-state index in [1.807, 2.05) is 12.1 Å². The maximum absolute atomic E-state index is 13.0. The number of allylic oxidation sites excluding steroid dienone is 3. The highest BCUT2D eigenvalue weighted by Crippen LogP contribution is 2.48. The summed E-state index contributed by atoms with van der Waals surface area (Å²) in [5, 5.41) is 15.8. The zero-order valence-electron chi connectivity index (χ0n) is 19.9. The van der Waals surface area contributed by atoms with Crippen LogP contribution in [-0.4, -0.2) is 37.8 Å². The van der Waals surface area contributed by atoms with E-state index in [1.54, 1.807) is 19.2 Å². The summed E-state index contributed by atoms with van der Waals surface area (Å²) in [5.41, 5.74) is 0.456. The van der Waals surface area contributed by atoms with Crippen LogP contribution in [0.4, 0.5) is 4.79 Å². The summed E-state index contributed by atoms with van der Waals surface area (Å²) in [6.07, 6.45) is 10.4. The fourth-order valence-electron chi connectivity index (χ4n) is 4.81. The van der Waals surface area contributed by atoms with Crippen LogP contribution in [0.1, 0.15) is 49.4 Å². The van der Waals surface area contributed by atoms with Gasteiger partial charge in [-0.2, -0.15) is 5.26 Å². The van der Waals surface area contributed by atoms with Crippen LogP contribution in [0.25, 0.3) is 0 Å². The maximum Gasteiger partial charge on any atom is 0.408 e. The molecule has 2 amide bonds. The highest BCUT2D eigenvalue weighted by atomic mass is 16.5. The number of nitrogens with one attached hydrogen (secondary N) is 2. The van der Waals surface area contributed by atoms with Gasteiger partial charge in [0.25, 0.3) is 5.91 Å². The molecule has 1 fully saturated rings. The van der Waals surface area contributed by atoms with Crippen LogP contribution in [0.15, 0.2) is 60.7 Å². The first kappa shape index (κ1) is 25.1. The molecule has 1 aromatic carbocycles. The molecule has 0 saturated heterocycles. The molecule has 0 bridgehead atoms. The molecule has 7 nitrogen and oxygen atoms in total. The Morgan fingerprint density at radius 2 is 2.00 bits per heavy atom. The van der Waals surface area contributed by atoms with Crippen molar-refractivity contribution in [2.24, 2.45) is 11.3 Å². The number of nitriles is 1. The number of carbonyl (C=O) groups excluding carboxylic acids is 2. The molecule has 34 heavy (non-hydrogen) atoms. The van der Waals surface area contributed by atoms with Gasteiger partial charge in [-0.15, -0.1) is 0 Å². The first-order valence-electron chi connectivity index (χ1n) is 11.6. The van der Waals surface area contributed by atoms with Gasteiger partial charge in [0.1, 0.15) is 17.9 Å². The number of benzene rings is 1. The molecule has 1 saturated carbocycles. The lowest BCUT2D eigenvalue weighted by atomic mass is 9.62. The molecule has 1 aromatic rings. The third-order valence-corrected chi connectivity index (χ3v) is 6.85. The zero-order chi connectivity index (χ0) is 24.6. The van der Waals surface area contributed by atoms with E-state index in [2.05, 4.69) is 48.4 Å². The van der Waals surface area contributed by atoms with Crippen LogP contribution >= 0.6 is 0 Å². The van der Waals surface area contributed by atoms with Crippen molar-refractivity contribution < 1.29 is 19.1 Å². The minimum Gasteiger partial charge on any atom is -0.496 e. The number of alkyl carbamates (subject to hydrolysis) is 1. The molecule has 180 valence electrons. The van der Waals surface area contributed by atoms with E-state index < -0.39 is 11.6 Å². The average molecular weight is 464 g/mol. The van der Waals surface area contributed by atoms with Gasteiger partial charge in [0.15, 0.2) is 0 Å². The van der Waals surface area contributed by atoms with Crippen LogP contribution in [0.5, 0.6) is 5.75 Å². The average Bonchev–Trinajstić information content (AvgIpc) is 2.87. The monoisotopic (exact) mass is 463 g/mol. The molecule has 1 atom stereocenters. The number of ether oxygens (including phenoxy) is 2. The number of nitrogens with zero attached hydrogens (tertiary/aromatic N) is 1. The third-order valence-electron chi connectivity index (χ3n) is 6.85. The lowest BCUT2D eigenvalue weighted by molar-refractivity contribution is 0.0903. The maximum atomic E-state index is 13.0. The molecule has 2 N–H and O–H groups in total. The van der Waals surface area contributed by atoms with Crippen molar-refractivity contribution in [3.63, 3.8) is 0 Å². The number of carbonyl (C=O) groups is 2. The summed E-state index contributed by atoms with van der Waals surface area (Å²) in [6, 6.07) is 9.45. The lowest BCUT2D eigenvalue weighted by Crippen LogP contribution is -2.53. The summed E-state index contributed by atoms with van der Waals surface area (Å²) >= 11 is 0. The van der Waals surface area contributed by atoms with E-state index in [0.29, 0.717) is 49.5 Å². The van der Waals surface area contributed by atoms with Crippen molar-refractivity contribution in [2.45, 2.75) is 44.6 Å². The van der Waals surface area contributed by atoms with Crippen molar-refractivity contribution >= 4 is 12.0 Å². The second-order valence-corrected chi connectivity index (χ2v) is 9.13. The summed E-state index contributed by atoms with van der Waals surface area (Å²) in [6.45, 7) is 6.24. The molecule has 0 aromatic heterocycles. The van der Waals surface area contributed by atoms with Crippen molar-refractivity contribution in [3.05, 3.63) is 66.3 Å². The number of hydrogen-bond acceptors (Lipinski definition) is 5. The predicted octanol–water partition coefficient (Wildman–Crippen LogP) is 4.68. The van der Waals surface area contributed by atoms with E-state index >= 15 is 0 Å². The summed E-state index contributed by atoms with van der Waals surface area (Å²) in [5.74, 6) is 0.730. The topological polar surface area (TPSA) is 100 Å². The SMILES string of the molecule is C=CCOC(=O)NC1(C#N)CCC(CNC(=O)c2ccccc2OC)(C2=CC=CC(C)C2)CC1. The van der Waals surface area contributed by atoms with Crippen LogP contribution in [0, 0.1) is 22.7 Å². The number of methoxy groups -OCH3 is 1. The van der Waals surface area contributed by atoms with Gasteiger partial charge in [0, 0.05) is 12.0 Å². The third kappa shape index (κ3) is 5.69. The molecule has 0 radical (unpaired) electrons. The van der Waals surface area contributed by atoms with Gasteiger partial charge in [-0.25, -0.2) is 4.79 Å². The number of hydrogen-bond donors (Lipinski definition) is 2. The second kappa shape index (κ2) is 11.1. The van der Waals surface area contributed by atoms with Crippen LogP contribution in [0.3, 0.4) is 0 Å². The minimum atomic E-state index is -0.995. The second-order valence-electron chi connectivity index (χ2n) is 9.13. The molecule has 0 aliphatic heterocycles. The van der Waals surface area contributed by atoms with E-state index in [9.17, 15) is 14.9 Å². The van der Waals surface area contributed by atoms with Gasteiger partial charge in [0.05, 0.1) is 18.7 Å². The first-order valence-corrected chi connectivity index (χ1v) is 11.6. The molecule has 7 heteroatoms. The van der Waals surface area contributed by atoms with E-state index in [4.69, 9.17) is 9.47 Å². The molecule has 0 heterocycles. The molecule has 1 unspecified atom stereocenters. The molecule has 2 aliphatic carbocycles. The predicted molar refractivity (Wildman–Crippen MR) is 130 cm³/mol. The van der Waals surface area contributed by atoms with E-state index in [-0.39, 0.29) is 17.9 Å². The largest absolute Gasteiger partial charge is 0.496 e. The molecular weight excluding hydrogens is 430 g/mol. The Balaban J connectivity index is 1.79. The van der Waals surface area contributed by atoms with Gasteiger partial charge < -0.3 is 20.1 Å². The molecule has 0 spiro atoms. The Morgan fingerprint density at radius 3 is 2.65 bits per heavy atom. The Kier molecular flexibility index (Phi) is 8.17.